The van der Waals surface area contributed by atoms with Gasteiger partial charge in [-0.15, -0.1) is 0 Å². The zero-order valence-electron chi connectivity index (χ0n) is 19.9. The summed E-state index contributed by atoms with van der Waals surface area (Å²) in [7, 11) is 0. The third-order valence-corrected chi connectivity index (χ3v) is 6.65. The number of benzene rings is 2. The standard InChI is InChI=1S/C13H16FN3O.C13H12FN3O.CH4/c2*14-11-6-12-10(5-9(11)7-15)8-16-17(12)13-3-1-2-4-18-13;/h5-6,8,13H,1-4,7,15H2;5-6,8,13H,1-4H2;1H4. The van der Waals surface area contributed by atoms with Gasteiger partial charge in [0.15, 0.2) is 12.5 Å². The molecule has 2 unspecified atom stereocenters. The first kappa shape index (κ1) is 26.7. The predicted octanol–water partition coefficient (Wildman–Crippen LogP) is 5.72. The van der Waals surface area contributed by atoms with Gasteiger partial charge < -0.3 is 15.2 Å². The molecule has 196 valence electrons. The Bertz CT molecular complexity index is 1400. The third-order valence-electron chi connectivity index (χ3n) is 6.65. The number of fused-ring (bicyclic) bond motifs is 2. The molecule has 2 atom stereocenters. The smallest absolute Gasteiger partial charge is 0.150 e. The van der Waals surface area contributed by atoms with Gasteiger partial charge in [0.25, 0.3) is 0 Å². The Balaban J connectivity index is 0.000000168. The van der Waals surface area contributed by atoms with Crippen LogP contribution >= 0.6 is 0 Å². The Labute approximate surface area is 214 Å². The maximum absolute atomic E-state index is 13.8. The minimum Gasteiger partial charge on any atom is -0.356 e. The lowest BCUT2D eigenvalue weighted by atomic mass is 10.1. The average molecular weight is 511 g/mol. The topological polar surface area (TPSA) is 104 Å². The van der Waals surface area contributed by atoms with Crippen LogP contribution in [0.1, 0.15) is 69.5 Å². The van der Waals surface area contributed by atoms with E-state index in [1.165, 1.54) is 18.2 Å². The summed E-state index contributed by atoms with van der Waals surface area (Å²) in [6.07, 6.45) is 9.36. The SMILES string of the molecule is C.N#Cc1cc2cnn(C3CCCCO3)c2cc1F.NCc1cc2cnn(C3CCCCO3)c2cc1F. The van der Waals surface area contributed by atoms with Crippen molar-refractivity contribution >= 4 is 21.8 Å². The number of nitriles is 1. The molecule has 4 heterocycles. The van der Waals surface area contributed by atoms with Crippen molar-refractivity contribution in [3.05, 3.63) is 59.4 Å². The highest BCUT2D eigenvalue weighted by molar-refractivity contribution is 5.80. The van der Waals surface area contributed by atoms with Crippen LogP contribution in [-0.4, -0.2) is 32.8 Å². The van der Waals surface area contributed by atoms with Gasteiger partial charge in [-0.05, 0) is 50.7 Å². The van der Waals surface area contributed by atoms with E-state index in [1.807, 2.05) is 6.07 Å². The van der Waals surface area contributed by atoms with Crippen LogP contribution < -0.4 is 5.73 Å². The normalized spacial score (nSPS) is 19.6. The number of hydrogen-bond acceptors (Lipinski definition) is 6. The predicted molar refractivity (Wildman–Crippen MR) is 136 cm³/mol. The van der Waals surface area contributed by atoms with Crippen molar-refractivity contribution in [1.29, 1.82) is 5.26 Å². The molecule has 2 fully saturated rings. The van der Waals surface area contributed by atoms with Gasteiger partial charge >= 0.3 is 0 Å². The summed E-state index contributed by atoms with van der Waals surface area (Å²) in [4.78, 5) is 0. The van der Waals surface area contributed by atoms with Crippen LogP contribution in [-0.2, 0) is 16.0 Å². The summed E-state index contributed by atoms with van der Waals surface area (Å²) in [5.41, 5.74) is 7.52. The molecule has 2 aromatic heterocycles. The van der Waals surface area contributed by atoms with Crippen LogP contribution in [0.4, 0.5) is 8.78 Å². The van der Waals surface area contributed by atoms with Crippen molar-refractivity contribution in [2.45, 2.75) is 65.0 Å². The van der Waals surface area contributed by atoms with E-state index in [9.17, 15) is 8.78 Å². The third kappa shape index (κ3) is 5.49. The van der Waals surface area contributed by atoms with Gasteiger partial charge in [-0.1, -0.05) is 7.43 Å². The fourth-order valence-electron chi connectivity index (χ4n) is 4.72. The number of nitrogens with two attached hydrogens (primary N) is 1. The van der Waals surface area contributed by atoms with E-state index in [0.717, 1.165) is 61.4 Å². The Morgan fingerprint density at radius 1 is 0.865 bits per heavy atom. The quantitative estimate of drug-likeness (QED) is 0.378. The molecular formula is C27H32F2N6O2. The van der Waals surface area contributed by atoms with Crippen molar-refractivity contribution in [3.63, 3.8) is 0 Å². The summed E-state index contributed by atoms with van der Waals surface area (Å²) in [6.45, 7) is 1.66. The first-order valence-electron chi connectivity index (χ1n) is 12.2. The maximum Gasteiger partial charge on any atom is 0.150 e. The fourth-order valence-corrected chi connectivity index (χ4v) is 4.72. The summed E-state index contributed by atoms with van der Waals surface area (Å²) in [5.74, 6) is -0.787. The van der Waals surface area contributed by atoms with Crippen LogP contribution in [0.15, 0.2) is 36.7 Å². The first-order chi connectivity index (χ1) is 17.6. The number of ether oxygens (including phenoxy) is 2. The lowest BCUT2D eigenvalue weighted by Crippen LogP contribution is -2.19. The van der Waals surface area contributed by atoms with Crippen molar-refractivity contribution < 1.29 is 18.3 Å². The Morgan fingerprint density at radius 3 is 1.89 bits per heavy atom. The van der Waals surface area contributed by atoms with Crippen LogP contribution in [0.2, 0.25) is 0 Å². The van der Waals surface area contributed by atoms with Crippen LogP contribution in [0.5, 0.6) is 0 Å². The molecule has 2 aliphatic rings. The maximum atomic E-state index is 13.8. The largest absolute Gasteiger partial charge is 0.356 e. The molecule has 0 amide bonds. The van der Waals surface area contributed by atoms with E-state index in [0.29, 0.717) is 17.7 Å². The van der Waals surface area contributed by atoms with Crippen LogP contribution in [0.25, 0.3) is 21.8 Å². The molecule has 2 N–H and O–H groups in total. The second-order valence-electron chi connectivity index (χ2n) is 9.03. The van der Waals surface area contributed by atoms with Gasteiger partial charge in [-0.2, -0.15) is 15.5 Å². The molecule has 0 radical (unpaired) electrons. The van der Waals surface area contributed by atoms with Gasteiger partial charge in [0.2, 0.25) is 0 Å². The average Bonchev–Trinajstić information content (AvgIpc) is 3.52. The summed E-state index contributed by atoms with van der Waals surface area (Å²) >= 11 is 0. The fraction of sp³-hybridized carbons (Fsp3) is 0.444. The summed E-state index contributed by atoms with van der Waals surface area (Å²) in [5, 5.41) is 19.0. The minimum atomic E-state index is -0.512. The molecule has 6 rings (SSSR count). The first-order valence-corrected chi connectivity index (χ1v) is 12.2. The molecule has 0 bridgehead atoms. The highest BCUT2D eigenvalue weighted by Crippen LogP contribution is 2.28. The molecule has 2 aliphatic heterocycles. The minimum absolute atomic E-state index is 0. The van der Waals surface area contributed by atoms with Gasteiger partial charge in [-0.25, -0.2) is 18.1 Å². The highest BCUT2D eigenvalue weighted by Gasteiger charge is 2.20. The van der Waals surface area contributed by atoms with Crippen molar-refractivity contribution in [1.82, 2.24) is 19.6 Å². The van der Waals surface area contributed by atoms with E-state index in [1.54, 1.807) is 27.8 Å². The Hall–Kier alpha value is -3.39. The summed E-state index contributed by atoms with van der Waals surface area (Å²) < 4.78 is 42.2. The van der Waals surface area contributed by atoms with E-state index < -0.39 is 5.82 Å². The molecule has 0 saturated carbocycles. The van der Waals surface area contributed by atoms with E-state index in [2.05, 4.69) is 10.2 Å². The highest BCUT2D eigenvalue weighted by atomic mass is 19.1. The van der Waals surface area contributed by atoms with Gasteiger partial charge in [0.1, 0.15) is 17.7 Å². The summed E-state index contributed by atoms with van der Waals surface area (Å²) in [6, 6.07) is 7.98. The van der Waals surface area contributed by atoms with E-state index >= 15 is 0 Å². The number of rotatable bonds is 3. The second kappa shape index (κ2) is 11.8. The Morgan fingerprint density at radius 2 is 1.41 bits per heavy atom. The second-order valence-corrected chi connectivity index (χ2v) is 9.03. The lowest BCUT2D eigenvalue weighted by Gasteiger charge is -2.23. The molecule has 37 heavy (non-hydrogen) atoms. The molecule has 2 aromatic carbocycles. The van der Waals surface area contributed by atoms with Gasteiger partial charge in [-0.3, -0.25) is 0 Å². The number of halogens is 2. The van der Waals surface area contributed by atoms with E-state index in [-0.39, 0.29) is 37.8 Å². The molecule has 2 saturated heterocycles. The number of hydrogen-bond donors (Lipinski definition) is 1. The van der Waals surface area contributed by atoms with Crippen molar-refractivity contribution in [3.8, 4) is 6.07 Å². The number of aromatic nitrogens is 4. The molecule has 8 nitrogen and oxygen atoms in total. The van der Waals surface area contributed by atoms with Crippen LogP contribution in [0.3, 0.4) is 0 Å². The van der Waals surface area contributed by atoms with Crippen molar-refractivity contribution in [2.24, 2.45) is 5.73 Å². The molecule has 4 aromatic rings. The monoisotopic (exact) mass is 510 g/mol. The van der Waals surface area contributed by atoms with E-state index in [4.69, 9.17) is 20.5 Å². The Kier molecular flexibility index (Phi) is 8.48. The lowest BCUT2D eigenvalue weighted by molar-refractivity contribution is -0.0368. The molecular weight excluding hydrogens is 478 g/mol. The molecule has 10 heteroatoms. The van der Waals surface area contributed by atoms with Gasteiger partial charge in [0.05, 0.1) is 29.0 Å². The van der Waals surface area contributed by atoms with Gasteiger partial charge in [0, 0.05) is 48.2 Å². The molecule has 0 aliphatic carbocycles. The zero-order valence-corrected chi connectivity index (χ0v) is 19.9. The van der Waals surface area contributed by atoms with Crippen molar-refractivity contribution in [2.75, 3.05) is 13.2 Å². The number of nitrogens with zero attached hydrogens (tertiary/aromatic N) is 5. The zero-order chi connectivity index (χ0) is 25.1. The van der Waals surface area contributed by atoms with Crippen LogP contribution in [0, 0.1) is 23.0 Å². The molecule has 0 spiro atoms.